The van der Waals surface area contributed by atoms with E-state index in [1.54, 1.807) is 72.8 Å². The fraction of sp³-hybridized carbons (Fsp3) is 0.125. The molecule has 3 aromatic rings. The van der Waals surface area contributed by atoms with E-state index in [4.69, 9.17) is 27.9 Å². The monoisotopic (exact) mass is 483 g/mol. The number of halogens is 2. The molecule has 1 atom stereocenters. The molecule has 0 saturated carbocycles. The van der Waals surface area contributed by atoms with Crippen LogP contribution >= 0.6 is 23.2 Å². The molecule has 0 bridgehead atoms. The van der Waals surface area contributed by atoms with Gasteiger partial charge in [0.25, 0.3) is 5.91 Å². The number of fused-ring (bicyclic) bond motifs is 1. The molecule has 1 aliphatic rings. The molecule has 0 saturated heterocycles. The normalized spacial score (nSPS) is 14.8. The Hall–Kier alpha value is -3.55. The second kappa shape index (κ2) is 9.94. The van der Waals surface area contributed by atoms with Crippen LogP contribution in [0.5, 0.6) is 5.75 Å². The number of benzene rings is 3. The fourth-order valence-electron chi connectivity index (χ4n) is 3.45. The van der Waals surface area contributed by atoms with Gasteiger partial charge in [-0.25, -0.2) is 0 Å². The van der Waals surface area contributed by atoms with Crippen molar-refractivity contribution in [3.63, 3.8) is 0 Å². The lowest BCUT2D eigenvalue weighted by molar-refractivity contribution is -0.127. The van der Waals surface area contributed by atoms with E-state index in [-0.39, 0.29) is 13.0 Å². The van der Waals surface area contributed by atoms with Crippen LogP contribution < -0.4 is 20.3 Å². The summed E-state index contributed by atoms with van der Waals surface area (Å²) in [4.78, 5) is 40.0. The number of para-hydroxylation sites is 2. The zero-order valence-corrected chi connectivity index (χ0v) is 18.8. The molecule has 0 aliphatic carbocycles. The molecular formula is C24H19Cl2N3O4. The van der Waals surface area contributed by atoms with Crippen LogP contribution in [0, 0.1) is 0 Å². The van der Waals surface area contributed by atoms with Gasteiger partial charge in [0, 0.05) is 15.7 Å². The van der Waals surface area contributed by atoms with Gasteiger partial charge in [-0.2, -0.15) is 0 Å². The van der Waals surface area contributed by atoms with Gasteiger partial charge in [0.15, 0.2) is 6.61 Å². The van der Waals surface area contributed by atoms with E-state index in [9.17, 15) is 14.4 Å². The summed E-state index contributed by atoms with van der Waals surface area (Å²) in [5.41, 5.74) is 1.51. The fourth-order valence-corrected chi connectivity index (χ4v) is 3.70. The number of nitrogens with zero attached hydrogens (tertiary/aromatic N) is 1. The molecule has 0 aromatic heterocycles. The van der Waals surface area contributed by atoms with Crippen molar-refractivity contribution in [1.82, 2.24) is 0 Å². The van der Waals surface area contributed by atoms with Crippen LogP contribution in [0.15, 0.2) is 72.8 Å². The SMILES string of the molecule is O=C(C[C@@H]1C(=O)Nc2ccccc2N1C(=O)COc1ccc(Cl)cc1)Nc1ccc(Cl)cc1. The summed E-state index contributed by atoms with van der Waals surface area (Å²) < 4.78 is 5.59. The third kappa shape index (κ3) is 5.45. The Morgan fingerprint density at radius 2 is 1.58 bits per heavy atom. The van der Waals surface area contributed by atoms with Gasteiger partial charge in [0.1, 0.15) is 11.8 Å². The van der Waals surface area contributed by atoms with Gasteiger partial charge in [-0.3, -0.25) is 19.3 Å². The molecule has 3 aromatic carbocycles. The minimum absolute atomic E-state index is 0.241. The minimum Gasteiger partial charge on any atom is -0.484 e. The Kier molecular flexibility index (Phi) is 6.82. The summed E-state index contributed by atoms with van der Waals surface area (Å²) in [6.45, 7) is -0.321. The second-order valence-corrected chi connectivity index (χ2v) is 8.16. The van der Waals surface area contributed by atoms with E-state index in [2.05, 4.69) is 10.6 Å². The van der Waals surface area contributed by atoms with Gasteiger partial charge in [-0.1, -0.05) is 35.3 Å². The first-order valence-electron chi connectivity index (χ1n) is 10.1. The quantitative estimate of drug-likeness (QED) is 0.529. The van der Waals surface area contributed by atoms with Crippen LogP contribution in [0.2, 0.25) is 10.0 Å². The van der Waals surface area contributed by atoms with Gasteiger partial charge in [-0.05, 0) is 60.7 Å². The van der Waals surface area contributed by atoms with Crippen molar-refractivity contribution in [3.05, 3.63) is 82.8 Å². The number of amides is 3. The maximum Gasteiger partial charge on any atom is 0.265 e. The predicted octanol–water partition coefficient (Wildman–Crippen LogP) is 4.75. The van der Waals surface area contributed by atoms with Crippen molar-refractivity contribution in [2.75, 3.05) is 22.1 Å². The molecule has 33 heavy (non-hydrogen) atoms. The van der Waals surface area contributed by atoms with Gasteiger partial charge in [0.2, 0.25) is 11.8 Å². The molecule has 168 valence electrons. The first-order valence-corrected chi connectivity index (χ1v) is 10.8. The first-order chi connectivity index (χ1) is 15.9. The zero-order chi connectivity index (χ0) is 23.4. The van der Waals surface area contributed by atoms with Crippen molar-refractivity contribution >= 4 is 58.0 Å². The summed E-state index contributed by atoms with van der Waals surface area (Å²) >= 11 is 11.8. The number of ether oxygens (including phenoxy) is 1. The van der Waals surface area contributed by atoms with Crippen molar-refractivity contribution in [3.8, 4) is 5.75 Å². The molecule has 1 aliphatic heterocycles. The Morgan fingerprint density at radius 1 is 0.939 bits per heavy atom. The van der Waals surface area contributed by atoms with Crippen molar-refractivity contribution in [2.24, 2.45) is 0 Å². The molecule has 0 unspecified atom stereocenters. The van der Waals surface area contributed by atoms with Gasteiger partial charge >= 0.3 is 0 Å². The highest BCUT2D eigenvalue weighted by atomic mass is 35.5. The van der Waals surface area contributed by atoms with Crippen molar-refractivity contribution in [1.29, 1.82) is 0 Å². The Balaban J connectivity index is 1.53. The van der Waals surface area contributed by atoms with Crippen molar-refractivity contribution in [2.45, 2.75) is 12.5 Å². The van der Waals surface area contributed by atoms with Crippen molar-refractivity contribution < 1.29 is 19.1 Å². The molecule has 0 fully saturated rings. The van der Waals surface area contributed by atoms with Crippen LogP contribution in [-0.4, -0.2) is 30.4 Å². The molecule has 1 heterocycles. The maximum absolute atomic E-state index is 13.2. The average Bonchev–Trinajstić information content (AvgIpc) is 2.80. The Labute approximate surface area is 200 Å². The van der Waals surface area contributed by atoms with Gasteiger partial charge in [0.05, 0.1) is 17.8 Å². The number of nitrogens with one attached hydrogen (secondary N) is 2. The molecule has 3 amide bonds. The van der Waals surface area contributed by atoms with Crippen LogP contribution in [0.3, 0.4) is 0 Å². The van der Waals surface area contributed by atoms with E-state index < -0.39 is 23.8 Å². The zero-order valence-electron chi connectivity index (χ0n) is 17.3. The first kappa shape index (κ1) is 22.6. The third-order valence-electron chi connectivity index (χ3n) is 4.99. The number of carbonyl (C=O) groups excluding carboxylic acids is 3. The molecule has 4 rings (SSSR count). The van der Waals surface area contributed by atoms with E-state index in [1.165, 1.54) is 4.90 Å². The summed E-state index contributed by atoms with van der Waals surface area (Å²) in [6.07, 6.45) is -0.241. The topological polar surface area (TPSA) is 87.7 Å². The Morgan fingerprint density at radius 3 is 2.27 bits per heavy atom. The smallest absolute Gasteiger partial charge is 0.265 e. The van der Waals surface area contributed by atoms with Crippen LogP contribution in [0.4, 0.5) is 17.1 Å². The highest BCUT2D eigenvalue weighted by molar-refractivity contribution is 6.30. The lowest BCUT2D eigenvalue weighted by Gasteiger charge is -2.36. The molecule has 2 N–H and O–H groups in total. The molecule has 9 heteroatoms. The van der Waals surface area contributed by atoms with E-state index >= 15 is 0 Å². The third-order valence-corrected chi connectivity index (χ3v) is 5.49. The van der Waals surface area contributed by atoms with Crippen LogP contribution in [-0.2, 0) is 14.4 Å². The average molecular weight is 484 g/mol. The number of anilines is 3. The number of hydrogen-bond donors (Lipinski definition) is 2. The molecule has 0 radical (unpaired) electrons. The highest BCUT2D eigenvalue weighted by Crippen LogP contribution is 2.33. The van der Waals surface area contributed by atoms with E-state index in [0.29, 0.717) is 32.9 Å². The van der Waals surface area contributed by atoms with Crippen LogP contribution in [0.25, 0.3) is 0 Å². The van der Waals surface area contributed by atoms with E-state index in [1.807, 2.05) is 0 Å². The summed E-state index contributed by atoms with van der Waals surface area (Å²) in [5.74, 6) is -0.885. The minimum atomic E-state index is -1.05. The second-order valence-electron chi connectivity index (χ2n) is 7.29. The molecular weight excluding hydrogens is 465 g/mol. The molecule has 7 nitrogen and oxygen atoms in total. The maximum atomic E-state index is 13.2. The number of hydrogen-bond acceptors (Lipinski definition) is 4. The largest absolute Gasteiger partial charge is 0.484 e. The highest BCUT2D eigenvalue weighted by Gasteiger charge is 2.38. The summed E-state index contributed by atoms with van der Waals surface area (Å²) in [6, 6.07) is 19.0. The number of rotatable bonds is 6. The van der Waals surface area contributed by atoms with E-state index in [0.717, 1.165) is 0 Å². The Bertz CT molecular complexity index is 1180. The van der Waals surface area contributed by atoms with Gasteiger partial charge in [-0.15, -0.1) is 0 Å². The van der Waals surface area contributed by atoms with Gasteiger partial charge < -0.3 is 15.4 Å². The standard InChI is InChI=1S/C24H19Cl2N3O4/c25-15-5-9-17(10-6-15)27-22(30)13-21-24(32)28-19-3-1-2-4-20(19)29(21)23(31)14-33-18-11-7-16(26)8-12-18/h1-12,21H,13-14H2,(H,27,30)(H,28,32)/t21-/m1/s1. The van der Waals surface area contributed by atoms with Crippen LogP contribution in [0.1, 0.15) is 6.42 Å². The summed E-state index contributed by atoms with van der Waals surface area (Å²) in [5, 5.41) is 6.57. The predicted molar refractivity (Wildman–Crippen MR) is 128 cm³/mol. The molecule has 0 spiro atoms. The lowest BCUT2D eigenvalue weighted by Crippen LogP contribution is -2.53. The lowest BCUT2D eigenvalue weighted by atomic mass is 10.0. The summed E-state index contributed by atoms with van der Waals surface area (Å²) in [7, 11) is 0. The number of carbonyl (C=O) groups is 3.